The Morgan fingerprint density at radius 1 is 1.11 bits per heavy atom. The van der Waals surface area contributed by atoms with E-state index in [1.807, 2.05) is 20.8 Å². The monoisotopic (exact) mass is 732 g/mol. The third-order valence-electron chi connectivity index (χ3n) is 8.01. The van der Waals surface area contributed by atoms with Gasteiger partial charge in [0.1, 0.15) is 11.3 Å². The molecule has 2 atom stereocenters. The molecular weight excluding hydrogens is 684 g/mol. The van der Waals surface area contributed by atoms with Gasteiger partial charge in [0.15, 0.2) is 0 Å². The molecule has 0 bridgehead atoms. The fourth-order valence-electron chi connectivity index (χ4n) is 5.55. The molecule has 2 amide bonds. The van der Waals surface area contributed by atoms with E-state index in [4.69, 9.17) is 4.74 Å². The maximum atomic E-state index is 13.4. The maximum Gasteiger partial charge on any atom is 0.433 e. The number of allylic oxidation sites excluding steroid dienone is 2. The van der Waals surface area contributed by atoms with Crippen LogP contribution in [0.25, 0.3) is 0 Å². The summed E-state index contributed by atoms with van der Waals surface area (Å²) in [4.78, 5) is 33.6. The Kier molecular flexibility index (Phi) is 12.7. The average molecular weight is 733 g/mol. The summed E-state index contributed by atoms with van der Waals surface area (Å²) in [7, 11) is 0. The highest BCUT2D eigenvalue weighted by atomic mass is 127. The molecule has 0 radical (unpaired) electrons. The van der Waals surface area contributed by atoms with E-state index in [0.29, 0.717) is 38.2 Å². The molecule has 2 aliphatic rings. The highest BCUT2D eigenvalue weighted by Crippen LogP contribution is 2.35. The van der Waals surface area contributed by atoms with Gasteiger partial charge in [0.2, 0.25) is 5.91 Å². The number of amides is 2. The summed E-state index contributed by atoms with van der Waals surface area (Å²) in [6, 6.07) is 2.07. The fourth-order valence-corrected chi connectivity index (χ4v) is 6.17. The number of carbonyl (C=O) groups is 2. The summed E-state index contributed by atoms with van der Waals surface area (Å²) in [5.74, 6) is 0.142. The van der Waals surface area contributed by atoms with Gasteiger partial charge in [-0.1, -0.05) is 67.7 Å². The zero-order valence-electron chi connectivity index (χ0n) is 26.8. The van der Waals surface area contributed by atoms with Gasteiger partial charge >= 0.3 is 12.3 Å². The summed E-state index contributed by atoms with van der Waals surface area (Å²) < 4.78 is 46.2. The van der Waals surface area contributed by atoms with Gasteiger partial charge in [-0.05, 0) is 75.0 Å². The number of aromatic nitrogens is 1. The number of hydrogen-bond donors (Lipinski definition) is 1. The zero-order valence-corrected chi connectivity index (χ0v) is 29.0. The molecule has 0 saturated carbocycles. The number of rotatable bonds is 10. The fraction of sp³-hybridized carbons (Fsp3) is 0.667. The lowest BCUT2D eigenvalue weighted by Crippen LogP contribution is -2.52. The number of ether oxygens (including phenoxy) is 1. The quantitative estimate of drug-likeness (QED) is 0.197. The molecule has 44 heavy (non-hydrogen) atoms. The molecule has 1 saturated heterocycles. The molecule has 2 heterocycles. The summed E-state index contributed by atoms with van der Waals surface area (Å²) in [6.07, 6.45) is 6.45. The lowest BCUT2D eigenvalue weighted by Gasteiger charge is -2.40. The van der Waals surface area contributed by atoms with Gasteiger partial charge < -0.3 is 15.0 Å². The Morgan fingerprint density at radius 2 is 1.80 bits per heavy atom. The van der Waals surface area contributed by atoms with Gasteiger partial charge in [-0.15, -0.1) is 0 Å². The first kappa shape index (κ1) is 36.3. The predicted molar refractivity (Wildman–Crippen MR) is 175 cm³/mol. The first-order valence-corrected chi connectivity index (χ1v) is 17.0. The van der Waals surface area contributed by atoms with Crippen molar-refractivity contribution in [3.05, 3.63) is 53.4 Å². The Balaban J connectivity index is 1.75. The number of nitrogens with zero attached hydrogens (tertiary/aromatic N) is 3. The van der Waals surface area contributed by atoms with Crippen LogP contribution >= 0.6 is 22.6 Å². The largest absolute Gasteiger partial charge is 0.444 e. The Bertz CT molecular complexity index is 1160. The van der Waals surface area contributed by atoms with Crippen molar-refractivity contribution < 1.29 is 27.5 Å². The number of halogens is 4. The molecule has 1 aromatic rings. The minimum absolute atomic E-state index is 0.0282. The highest BCUT2D eigenvalue weighted by molar-refractivity contribution is 14.1. The number of pyridine rings is 1. The Labute approximate surface area is 274 Å². The van der Waals surface area contributed by atoms with Gasteiger partial charge in [0.25, 0.3) is 0 Å². The minimum atomic E-state index is -4.51. The summed E-state index contributed by atoms with van der Waals surface area (Å²) in [6.45, 7) is 14.1. The van der Waals surface area contributed by atoms with Crippen molar-refractivity contribution in [1.82, 2.24) is 20.1 Å². The lowest BCUT2D eigenvalue weighted by molar-refractivity contribution is -0.141. The minimum Gasteiger partial charge on any atom is -0.444 e. The smallest absolute Gasteiger partial charge is 0.433 e. The number of likely N-dealkylation sites (tertiary alicyclic amines) is 1. The van der Waals surface area contributed by atoms with E-state index >= 15 is 0 Å². The van der Waals surface area contributed by atoms with Gasteiger partial charge in [-0.25, -0.2) is 4.79 Å². The van der Waals surface area contributed by atoms with Crippen LogP contribution in [0.4, 0.5) is 18.0 Å². The standard InChI is InChI=1S/C33H48F3IN4O3/c1-31(2,3)27(39-28(42)20-23-14-17-40(18-15-23)30(43)44-32(4,5)6)22-41(19-16-37)29(24-10-8-7-9-11-24)25-12-13-26(38-21-25)33(34,35)36/h8,10-13,21,23,27,29H,7,9,14-20,22H2,1-6H3,(H,39,42)/t27-,29?/m1/s1. The average Bonchev–Trinajstić information content (AvgIpc) is 2.92. The van der Waals surface area contributed by atoms with E-state index in [0.717, 1.165) is 41.8 Å². The maximum absolute atomic E-state index is 13.4. The number of alkyl halides is 4. The SMILES string of the molecule is CC(C)(C)OC(=O)N1CCC(CC(=O)N[C@H](CN(CCI)C(C2=CCCC=C2)c2ccc(C(F)(F)F)nc2)C(C)(C)C)CC1. The Morgan fingerprint density at radius 3 is 2.30 bits per heavy atom. The molecule has 0 aromatic carbocycles. The van der Waals surface area contributed by atoms with E-state index in [9.17, 15) is 22.8 Å². The van der Waals surface area contributed by atoms with Crippen LogP contribution < -0.4 is 5.32 Å². The van der Waals surface area contributed by atoms with Crippen molar-refractivity contribution in [3.63, 3.8) is 0 Å². The molecule has 3 rings (SSSR count). The summed E-state index contributed by atoms with van der Waals surface area (Å²) >= 11 is 2.32. The van der Waals surface area contributed by atoms with Gasteiger partial charge in [-0.2, -0.15) is 13.2 Å². The van der Waals surface area contributed by atoms with Gasteiger partial charge in [0, 0.05) is 49.3 Å². The van der Waals surface area contributed by atoms with E-state index in [1.54, 1.807) is 4.90 Å². The lowest BCUT2D eigenvalue weighted by atomic mass is 9.84. The molecule has 246 valence electrons. The second-order valence-corrected chi connectivity index (χ2v) is 14.9. The molecule has 1 N–H and O–H groups in total. The number of nitrogens with one attached hydrogen (secondary N) is 1. The van der Waals surface area contributed by atoms with Crippen molar-refractivity contribution in [3.8, 4) is 0 Å². The predicted octanol–water partition coefficient (Wildman–Crippen LogP) is 7.72. The summed E-state index contributed by atoms with van der Waals surface area (Å²) in [5.41, 5.74) is -0.0219. The van der Waals surface area contributed by atoms with Gasteiger partial charge in [0.05, 0.1) is 6.04 Å². The Hall–Kier alpha value is -2.15. The van der Waals surface area contributed by atoms with Gasteiger partial charge in [-0.3, -0.25) is 14.7 Å². The molecule has 1 unspecified atom stereocenters. The third kappa shape index (κ3) is 11.0. The van der Waals surface area contributed by atoms with Crippen molar-refractivity contribution >= 4 is 34.6 Å². The van der Waals surface area contributed by atoms with Crippen molar-refractivity contribution in [2.45, 2.75) is 97.5 Å². The zero-order chi connectivity index (χ0) is 32.7. The van der Waals surface area contributed by atoms with Crippen LogP contribution in [-0.2, 0) is 15.7 Å². The van der Waals surface area contributed by atoms with Crippen molar-refractivity contribution in [2.24, 2.45) is 11.3 Å². The molecule has 11 heteroatoms. The van der Waals surface area contributed by atoms with Crippen LogP contribution in [0.5, 0.6) is 0 Å². The number of carbonyl (C=O) groups excluding carboxylic acids is 2. The first-order chi connectivity index (χ1) is 20.5. The molecule has 1 aliphatic heterocycles. The first-order valence-electron chi connectivity index (χ1n) is 15.4. The van der Waals surface area contributed by atoms with Crippen molar-refractivity contribution in [1.29, 1.82) is 0 Å². The van der Waals surface area contributed by atoms with E-state index in [1.165, 1.54) is 12.3 Å². The van der Waals surface area contributed by atoms with E-state index in [2.05, 4.69) is 76.8 Å². The van der Waals surface area contributed by atoms with E-state index in [-0.39, 0.29) is 35.4 Å². The second kappa shape index (κ2) is 15.4. The molecule has 7 nitrogen and oxygen atoms in total. The van der Waals surface area contributed by atoms with Crippen LogP contribution in [-0.4, -0.2) is 69.0 Å². The van der Waals surface area contributed by atoms with Crippen LogP contribution in [0.1, 0.15) is 90.9 Å². The van der Waals surface area contributed by atoms with Crippen molar-refractivity contribution in [2.75, 3.05) is 30.6 Å². The molecule has 1 fully saturated rings. The van der Waals surface area contributed by atoms with Crippen LogP contribution in [0, 0.1) is 11.3 Å². The third-order valence-corrected chi connectivity index (χ3v) is 8.49. The number of hydrogen-bond acceptors (Lipinski definition) is 5. The molecule has 0 spiro atoms. The molecule has 1 aromatic heterocycles. The normalized spacial score (nSPS) is 18.2. The highest BCUT2D eigenvalue weighted by Gasteiger charge is 2.35. The topological polar surface area (TPSA) is 74.8 Å². The number of piperidine rings is 1. The van der Waals surface area contributed by atoms with Crippen LogP contribution in [0.2, 0.25) is 0 Å². The van der Waals surface area contributed by atoms with Crippen LogP contribution in [0.3, 0.4) is 0 Å². The summed E-state index contributed by atoms with van der Waals surface area (Å²) in [5, 5.41) is 3.31. The molecule has 1 aliphatic carbocycles. The van der Waals surface area contributed by atoms with Crippen LogP contribution in [0.15, 0.2) is 42.1 Å². The second-order valence-electron chi connectivity index (χ2n) is 13.8. The van der Waals surface area contributed by atoms with E-state index < -0.39 is 17.5 Å². The molecular formula is C33H48F3IN4O3.